The molecule has 1 aliphatic rings. The Bertz CT molecular complexity index is 553. The van der Waals surface area contributed by atoms with Gasteiger partial charge < -0.3 is 14.0 Å². The zero-order valence-electron chi connectivity index (χ0n) is 16.5. The normalized spacial score (nSPS) is 19.2. The van der Waals surface area contributed by atoms with Gasteiger partial charge in [-0.2, -0.15) is 0 Å². The minimum Gasteiger partial charge on any atom is -0.400 e. The van der Waals surface area contributed by atoms with E-state index in [0.717, 1.165) is 31.8 Å². The Morgan fingerprint density at radius 2 is 1.68 bits per heavy atom. The van der Waals surface area contributed by atoms with Gasteiger partial charge in [-0.1, -0.05) is 43.2 Å². The molecular weight excluding hydrogens is 313 g/mol. The second-order valence-electron chi connectivity index (χ2n) is 7.59. The van der Waals surface area contributed by atoms with Crippen molar-refractivity contribution in [2.75, 3.05) is 26.8 Å². The third-order valence-corrected chi connectivity index (χ3v) is 5.16. The molecule has 5 heteroatoms. The molecule has 1 fully saturated rings. The number of hydrogen-bond donors (Lipinski definition) is 0. The van der Waals surface area contributed by atoms with Crippen molar-refractivity contribution in [2.45, 2.75) is 52.4 Å². The predicted molar refractivity (Wildman–Crippen MR) is 104 cm³/mol. The highest BCUT2D eigenvalue weighted by Gasteiger charge is 2.49. The summed E-state index contributed by atoms with van der Waals surface area (Å²) >= 11 is 0. The van der Waals surface area contributed by atoms with E-state index in [1.165, 1.54) is 5.56 Å². The molecule has 0 aromatic heterocycles. The number of nitrogens with zero attached hydrogens (tertiary/aromatic N) is 1. The maximum atomic E-state index is 5.99. The van der Waals surface area contributed by atoms with Crippen molar-refractivity contribution in [3.05, 3.63) is 41.4 Å². The van der Waals surface area contributed by atoms with E-state index in [0.29, 0.717) is 0 Å². The molecule has 0 saturated carbocycles. The average Bonchev–Trinajstić information content (AvgIpc) is 2.78. The first-order valence-corrected chi connectivity index (χ1v) is 9.11. The van der Waals surface area contributed by atoms with Crippen molar-refractivity contribution in [1.82, 2.24) is 4.90 Å². The molecule has 4 nitrogen and oxygen atoms in total. The summed E-state index contributed by atoms with van der Waals surface area (Å²) in [5, 5.41) is 0. The molecule has 0 spiro atoms. The molecule has 138 valence electrons. The zero-order chi connectivity index (χ0) is 18.5. The molecule has 0 N–H and O–H groups in total. The highest BCUT2D eigenvalue weighted by molar-refractivity contribution is 6.52. The fraction of sp³-hybridized carbons (Fsp3) is 0.600. The first-order valence-electron chi connectivity index (χ1n) is 9.11. The Hall–Kier alpha value is -1.14. The summed E-state index contributed by atoms with van der Waals surface area (Å²) in [5.74, 6) is 1.99. The molecule has 25 heavy (non-hydrogen) atoms. The third-order valence-electron chi connectivity index (χ3n) is 5.16. The van der Waals surface area contributed by atoms with Crippen molar-refractivity contribution in [1.29, 1.82) is 0 Å². The Balaban J connectivity index is 1.92. The first kappa shape index (κ1) is 20.2. The number of rotatable bonds is 8. The van der Waals surface area contributed by atoms with Gasteiger partial charge in [0.1, 0.15) is 0 Å². The fourth-order valence-corrected chi connectivity index (χ4v) is 2.72. The van der Waals surface area contributed by atoms with Gasteiger partial charge in [0.05, 0.1) is 17.8 Å². The van der Waals surface area contributed by atoms with Crippen LogP contribution in [0.15, 0.2) is 30.2 Å². The lowest BCUT2D eigenvalue weighted by molar-refractivity contribution is 0.00578. The van der Waals surface area contributed by atoms with Gasteiger partial charge in [0.2, 0.25) is 0 Å². The van der Waals surface area contributed by atoms with Crippen LogP contribution in [0.25, 0.3) is 6.08 Å². The zero-order valence-corrected chi connectivity index (χ0v) is 16.5. The largest absolute Gasteiger partial charge is 0.487 e. The third kappa shape index (κ3) is 5.42. The maximum Gasteiger partial charge on any atom is 0.487 e. The molecule has 1 saturated heterocycles. The van der Waals surface area contributed by atoms with E-state index in [9.17, 15) is 0 Å². The number of methoxy groups -OCH3 is 1. The lowest BCUT2D eigenvalue weighted by atomic mass is 9.89. The van der Waals surface area contributed by atoms with Crippen molar-refractivity contribution >= 4 is 13.2 Å². The minimum atomic E-state index is -0.297. The Morgan fingerprint density at radius 1 is 1.08 bits per heavy atom. The minimum absolute atomic E-state index is 0.294. The van der Waals surface area contributed by atoms with Crippen LogP contribution in [0, 0.1) is 0 Å². The molecule has 0 atom stereocenters. The van der Waals surface area contributed by atoms with Gasteiger partial charge >= 0.3 is 7.12 Å². The van der Waals surface area contributed by atoms with Gasteiger partial charge in [-0.05, 0) is 45.4 Å². The molecule has 0 aliphatic carbocycles. The lowest BCUT2D eigenvalue weighted by Gasteiger charge is -2.32. The quantitative estimate of drug-likeness (QED) is 0.671. The number of hydrogen-bond acceptors (Lipinski definition) is 4. The summed E-state index contributed by atoms with van der Waals surface area (Å²) in [6.45, 7) is 14.1. The summed E-state index contributed by atoms with van der Waals surface area (Å²) in [4.78, 5) is 2.37. The van der Waals surface area contributed by atoms with Gasteiger partial charge in [0, 0.05) is 20.2 Å². The standard InChI is InChI=1S/C20H32BNO3/c1-7-22(14-15-23-6)16-18-10-8-17(9-11-18)12-13-21-24-19(2,3)20(4,5)25-21/h8-13H,7,14-16H2,1-6H3/b13-12+. The van der Waals surface area contributed by atoms with E-state index in [1.807, 2.05) is 5.98 Å². The highest BCUT2D eigenvalue weighted by Crippen LogP contribution is 2.37. The highest BCUT2D eigenvalue weighted by atomic mass is 16.7. The molecule has 0 bridgehead atoms. The van der Waals surface area contributed by atoms with Gasteiger partial charge in [0.25, 0.3) is 0 Å². The number of ether oxygens (including phenoxy) is 1. The van der Waals surface area contributed by atoms with Crippen molar-refractivity contribution in [3.8, 4) is 0 Å². The van der Waals surface area contributed by atoms with Crippen LogP contribution >= 0.6 is 0 Å². The second-order valence-corrected chi connectivity index (χ2v) is 7.59. The predicted octanol–water partition coefficient (Wildman–Crippen LogP) is 3.80. The molecule has 2 rings (SSSR count). The first-order chi connectivity index (χ1) is 11.8. The second kappa shape index (κ2) is 8.50. The molecule has 1 aromatic rings. The summed E-state index contributed by atoms with van der Waals surface area (Å²) in [6, 6.07) is 8.64. The van der Waals surface area contributed by atoms with Gasteiger partial charge in [-0.3, -0.25) is 4.90 Å². The molecule has 1 heterocycles. The summed E-state index contributed by atoms with van der Waals surface area (Å²) in [7, 11) is 1.45. The van der Waals surface area contributed by atoms with Crippen LogP contribution in [0.4, 0.5) is 0 Å². The molecular formula is C20H32BNO3. The van der Waals surface area contributed by atoms with Gasteiger partial charge in [0.15, 0.2) is 0 Å². The topological polar surface area (TPSA) is 30.9 Å². The number of likely N-dealkylation sites (N-methyl/N-ethyl adjacent to an activating group) is 1. The van der Waals surface area contributed by atoms with E-state index in [-0.39, 0.29) is 18.3 Å². The number of benzene rings is 1. The van der Waals surface area contributed by atoms with Crippen LogP contribution in [0.1, 0.15) is 45.7 Å². The Labute approximate surface area is 153 Å². The fourth-order valence-electron chi connectivity index (χ4n) is 2.72. The summed E-state index contributed by atoms with van der Waals surface area (Å²) < 4.78 is 17.1. The summed E-state index contributed by atoms with van der Waals surface area (Å²) in [6.07, 6.45) is 2.06. The van der Waals surface area contributed by atoms with Gasteiger partial charge in [-0.25, -0.2) is 0 Å². The smallest absolute Gasteiger partial charge is 0.400 e. The SMILES string of the molecule is CCN(CCOC)Cc1ccc(/C=C/B2OC(C)(C)C(C)(C)O2)cc1. The molecule has 1 aliphatic heterocycles. The van der Waals surface area contributed by atoms with Crippen molar-refractivity contribution in [3.63, 3.8) is 0 Å². The Morgan fingerprint density at radius 3 is 2.20 bits per heavy atom. The van der Waals surface area contributed by atoms with Crippen LogP contribution in [0.3, 0.4) is 0 Å². The van der Waals surface area contributed by atoms with E-state index in [1.54, 1.807) is 7.11 Å². The van der Waals surface area contributed by atoms with Crippen molar-refractivity contribution < 1.29 is 14.0 Å². The van der Waals surface area contributed by atoms with Gasteiger partial charge in [-0.15, -0.1) is 0 Å². The van der Waals surface area contributed by atoms with E-state index >= 15 is 0 Å². The lowest BCUT2D eigenvalue weighted by Crippen LogP contribution is -2.41. The molecule has 0 unspecified atom stereocenters. The molecule has 0 radical (unpaired) electrons. The maximum absolute atomic E-state index is 5.99. The van der Waals surface area contributed by atoms with E-state index < -0.39 is 0 Å². The molecule has 1 aromatic carbocycles. The van der Waals surface area contributed by atoms with Crippen LogP contribution in [-0.2, 0) is 20.6 Å². The van der Waals surface area contributed by atoms with E-state index in [4.69, 9.17) is 14.0 Å². The van der Waals surface area contributed by atoms with Crippen LogP contribution in [0.2, 0.25) is 0 Å². The van der Waals surface area contributed by atoms with Crippen LogP contribution in [0.5, 0.6) is 0 Å². The summed E-state index contributed by atoms with van der Waals surface area (Å²) in [5.41, 5.74) is 1.87. The van der Waals surface area contributed by atoms with Crippen molar-refractivity contribution in [2.24, 2.45) is 0 Å². The monoisotopic (exact) mass is 345 g/mol. The van der Waals surface area contributed by atoms with Crippen LogP contribution < -0.4 is 0 Å². The molecule has 0 amide bonds. The van der Waals surface area contributed by atoms with E-state index in [2.05, 4.69) is 69.9 Å². The van der Waals surface area contributed by atoms with Crippen LogP contribution in [-0.4, -0.2) is 50.0 Å². The Kier molecular flexibility index (Phi) is 6.86. The average molecular weight is 345 g/mol.